The summed E-state index contributed by atoms with van der Waals surface area (Å²) < 4.78 is 4.83. The average Bonchev–Trinajstić information content (AvgIpc) is 2.61. The van der Waals surface area contributed by atoms with Crippen LogP contribution < -0.4 is 10.6 Å². The fourth-order valence-electron chi connectivity index (χ4n) is 2.94. The number of thiocarbonyl (C=S) groups is 1. The van der Waals surface area contributed by atoms with Crippen LogP contribution in [0.1, 0.15) is 46.9 Å². The molecule has 0 saturated heterocycles. The van der Waals surface area contributed by atoms with E-state index in [0.29, 0.717) is 16.6 Å². The number of aryl methyl sites for hydroxylation is 1. The van der Waals surface area contributed by atoms with Crippen LogP contribution in [0.5, 0.6) is 0 Å². The lowest BCUT2D eigenvalue weighted by atomic mass is 9.93. The number of ether oxygens (including phenoxy) is 1. The summed E-state index contributed by atoms with van der Waals surface area (Å²) in [5.74, 6) is 0.00310. The van der Waals surface area contributed by atoms with E-state index in [1.165, 1.54) is 18.2 Å². The van der Waals surface area contributed by atoms with E-state index in [2.05, 4.69) is 43.5 Å². The zero-order chi connectivity index (χ0) is 19.3. The number of hydrogen-bond donors (Lipinski definition) is 2. The van der Waals surface area contributed by atoms with E-state index >= 15 is 0 Å². The monoisotopic (exact) mass is 370 g/mol. The Morgan fingerprint density at radius 2 is 1.77 bits per heavy atom. The van der Waals surface area contributed by atoms with Gasteiger partial charge in [-0.3, -0.25) is 0 Å². The number of esters is 1. The van der Waals surface area contributed by atoms with Crippen molar-refractivity contribution < 1.29 is 9.53 Å². The Kier molecular flexibility index (Phi) is 6.75. The quantitative estimate of drug-likeness (QED) is 0.586. The predicted octanol–water partition coefficient (Wildman–Crippen LogP) is 4.77. The minimum absolute atomic E-state index is 0.0975. The second-order valence-corrected chi connectivity index (χ2v) is 7.05. The van der Waals surface area contributed by atoms with Crippen molar-refractivity contribution in [3.8, 4) is 0 Å². The Balaban J connectivity index is 2.20. The first kappa shape index (κ1) is 19.9. The molecule has 0 amide bonds. The van der Waals surface area contributed by atoms with Gasteiger partial charge in [0.15, 0.2) is 5.11 Å². The van der Waals surface area contributed by atoms with E-state index in [4.69, 9.17) is 17.0 Å². The van der Waals surface area contributed by atoms with Gasteiger partial charge in [0.1, 0.15) is 0 Å². The molecule has 1 atom stereocenters. The maximum atomic E-state index is 11.9. The molecular weight excluding hydrogens is 344 g/mol. The van der Waals surface area contributed by atoms with Gasteiger partial charge < -0.3 is 15.4 Å². The third kappa shape index (κ3) is 4.61. The molecule has 0 radical (unpaired) electrons. The summed E-state index contributed by atoms with van der Waals surface area (Å²) in [6.45, 7) is 8.30. The SMILES string of the molecule is COC(=O)c1cccc(NC(=S)N[C@H](c2ccccc2C)C(C)C)c1C. The number of nitrogens with one attached hydrogen (secondary N) is 2. The molecule has 0 aliphatic heterocycles. The Morgan fingerprint density at radius 1 is 1.08 bits per heavy atom. The topological polar surface area (TPSA) is 50.4 Å². The van der Waals surface area contributed by atoms with Crippen molar-refractivity contribution in [2.45, 2.75) is 33.7 Å². The zero-order valence-electron chi connectivity index (χ0n) is 15.9. The minimum Gasteiger partial charge on any atom is -0.465 e. The van der Waals surface area contributed by atoms with Crippen LogP contribution in [0.3, 0.4) is 0 Å². The van der Waals surface area contributed by atoms with Crippen molar-refractivity contribution >= 4 is 29.0 Å². The normalized spacial score (nSPS) is 11.8. The molecular formula is C21H26N2O2S. The number of anilines is 1. The molecule has 0 bridgehead atoms. The largest absolute Gasteiger partial charge is 0.465 e. The fourth-order valence-corrected chi connectivity index (χ4v) is 3.18. The van der Waals surface area contributed by atoms with Crippen molar-refractivity contribution in [1.29, 1.82) is 0 Å². The molecule has 4 nitrogen and oxygen atoms in total. The maximum absolute atomic E-state index is 11.9. The van der Waals surface area contributed by atoms with Crippen LogP contribution in [0, 0.1) is 19.8 Å². The number of rotatable bonds is 5. The molecule has 0 aromatic heterocycles. The van der Waals surface area contributed by atoms with Gasteiger partial charge in [0.25, 0.3) is 0 Å². The smallest absolute Gasteiger partial charge is 0.338 e. The van der Waals surface area contributed by atoms with E-state index < -0.39 is 0 Å². The van der Waals surface area contributed by atoms with Gasteiger partial charge in [0.2, 0.25) is 0 Å². The van der Waals surface area contributed by atoms with E-state index in [9.17, 15) is 4.79 Å². The van der Waals surface area contributed by atoms with E-state index in [1.807, 2.05) is 31.2 Å². The number of benzene rings is 2. The Labute approximate surface area is 161 Å². The molecule has 2 aromatic rings. The zero-order valence-corrected chi connectivity index (χ0v) is 16.7. The molecule has 26 heavy (non-hydrogen) atoms. The summed E-state index contributed by atoms with van der Waals surface area (Å²) in [4.78, 5) is 11.9. The van der Waals surface area contributed by atoms with Gasteiger partial charge >= 0.3 is 5.97 Å². The molecule has 0 fully saturated rings. The first-order chi connectivity index (χ1) is 12.3. The second kappa shape index (κ2) is 8.81. The molecule has 0 spiro atoms. The highest BCUT2D eigenvalue weighted by atomic mass is 32.1. The van der Waals surface area contributed by atoms with Gasteiger partial charge in [0.05, 0.1) is 18.7 Å². The highest BCUT2D eigenvalue weighted by Gasteiger charge is 2.19. The summed E-state index contributed by atoms with van der Waals surface area (Å²) in [6.07, 6.45) is 0. The summed E-state index contributed by atoms with van der Waals surface area (Å²) in [5, 5.41) is 7.16. The Morgan fingerprint density at radius 3 is 2.38 bits per heavy atom. The van der Waals surface area contributed by atoms with Crippen LogP contribution in [0.2, 0.25) is 0 Å². The Hall–Kier alpha value is -2.40. The van der Waals surface area contributed by atoms with Gasteiger partial charge in [-0.15, -0.1) is 0 Å². The standard InChI is InChI=1S/C21H26N2O2S/c1-13(2)19(16-10-7-6-9-14(16)3)23-21(26)22-18-12-8-11-17(15(18)4)20(24)25-5/h6-13,19H,1-5H3,(H2,22,23,26)/t19-/m0/s1. The molecule has 2 N–H and O–H groups in total. The van der Waals surface area contributed by atoms with Gasteiger partial charge in [-0.25, -0.2) is 4.79 Å². The fraction of sp³-hybridized carbons (Fsp3) is 0.333. The highest BCUT2D eigenvalue weighted by molar-refractivity contribution is 7.80. The van der Waals surface area contributed by atoms with Crippen molar-refractivity contribution in [3.63, 3.8) is 0 Å². The van der Waals surface area contributed by atoms with Crippen molar-refractivity contribution in [2.24, 2.45) is 5.92 Å². The van der Waals surface area contributed by atoms with Crippen LogP contribution in [0.15, 0.2) is 42.5 Å². The van der Waals surface area contributed by atoms with Gasteiger partial charge in [-0.1, -0.05) is 44.2 Å². The Bertz CT molecular complexity index is 802. The average molecular weight is 371 g/mol. The lowest BCUT2D eigenvalue weighted by Crippen LogP contribution is -2.35. The number of hydrogen-bond acceptors (Lipinski definition) is 3. The predicted molar refractivity (Wildman–Crippen MR) is 111 cm³/mol. The number of carbonyl (C=O) groups is 1. The van der Waals surface area contributed by atoms with Crippen LogP contribution in [0.4, 0.5) is 5.69 Å². The van der Waals surface area contributed by atoms with Crippen molar-refractivity contribution in [2.75, 3.05) is 12.4 Å². The molecule has 5 heteroatoms. The second-order valence-electron chi connectivity index (χ2n) is 6.65. The lowest BCUT2D eigenvalue weighted by Gasteiger charge is -2.26. The summed E-state index contributed by atoms with van der Waals surface area (Å²) in [5.41, 5.74) is 4.58. The van der Waals surface area contributed by atoms with Crippen LogP contribution >= 0.6 is 12.2 Å². The van der Waals surface area contributed by atoms with Crippen LogP contribution in [-0.2, 0) is 4.74 Å². The minimum atomic E-state index is -0.356. The molecule has 0 aliphatic carbocycles. The summed E-state index contributed by atoms with van der Waals surface area (Å²) in [6, 6.07) is 13.9. The van der Waals surface area contributed by atoms with Crippen molar-refractivity contribution in [3.05, 3.63) is 64.7 Å². The van der Waals surface area contributed by atoms with E-state index in [1.54, 1.807) is 6.07 Å². The molecule has 0 heterocycles. The van der Waals surface area contributed by atoms with Crippen molar-refractivity contribution in [1.82, 2.24) is 5.32 Å². The summed E-state index contributed by atoms with van der Waals surface area (Å²) in [7, 11) is 1.38. The molecule has 2 rings (SSSR count). The molecule has 138 valence electrons. The van der Waals surface area contributed by atoms with E-state index in [0.717, 1.165) is 11.3 Å². The summed E-state index contributed by atoms with van der Waals surface area (Å²) >= 11 is 5.53. The molecule has 0 unspecified atom stereocenters. The third-order valence-corrected chi connectivity index (χ3v) is 4.68. The van der Waals surface area contributed by atoms with Gasteiger partial charge in [-0.05, 0) is 60.8 Å². The van der Waals surface area contributed by atoms with Crippen LogP contribution in [0.25, 0.3) is 0 Å². The van der Waals surface area contributed by atoms with E-state index in [-0.39, 0.29) is 12.0 Å². The van der Waals surface area contributed by atoms with Crippen LogP contribution in [-0.4, -0.2) is 18.2 Å². The number of carbonyl (C=O) groups excluding carboxylic acids is 1. The maximum Gasteiger partial charge on any atom is 0.338 e. The first-order valence-corrected chi connectivity index (χ1v) is 9.07. The lowest BCUT2D eigenvalue weighted by molar-refractivity contribution is 0.0600. The highest BCUT2D eigenvalue weighted by Crippen LogP contribution is 2.25. The number of methoxy groups -OCH3 is 1. The van der Waals surface area contributed by atoms with Gasteiger partial charge in [0, 0.05) is 5.69 Å². The first-order valence-electron chi connectivity index (χ1n) is 8.66. The molecule has 0 aliphatic rings. The third-order valence-electron chi connectivity index (χ3n) is 4.46. The molecule has 2 aromatic carbocycles. The molecule has 0 saturated carbocycles. The van der Waals surface area contributed by atoms with Gasteiger partial charge in [-0.2, -0.15) is 0 Å².